The van der Waals surface area contributed by atoms with Gasteiger partial charge >= 0.3 is 0 Å². The Hall–Kier alpha value is -2.69. The summed E-state index contributed by atoms with van der Waals surface area (Å²) in [7, 11) is 0. The summed E-state index contributed by atoms with van der Waals surface area (Å²) in [5.74, 6) is 2.53. The van der Waals surface area contributed by atoms with Crippen molar-refractivity contribution in [1.82, 2.24) is 0 Å². The van der Waals surface area contributed by atoms with Gasteiger partial charge in [0.05, 0.1) is 6.61 Å². The van der Waals surface area contributed by atoms with Gasteiger partial charge in [-0.05, 0) is 48.7 Å². The van der Waals surface area contributed by atoms with Crippen molar-refractivity contribution >= 4 is 11.6 Å². The summed E-state index contributed by atoms with van der Waals surface area (Å²) in [5.41, 5.74) is 1.24. The molecular weight excluding hydrogens is 306 g/mol. The monoisotopic (exact) mass is 327 g/mol. The molecule has 0 radical (unpaired) electrons. The highest BCUT2D eigenvalue weighted by Gasteiger charge is 2.14. The lowest BCUT2D eigenvalue weighted by Crippen LogP contribution is -2.11. The standard InChI is InChI=1S/C19H21NO4/c1-13(2)9-10-22-16-6-3-14(4-7-16)19(21)20-15-5-8-17-18(11-15)24-12-23-17/h3-8,11,13H,9-10,12H2,1-2H3,(H,20,21). The number of ether oxygens (including phenoxy) is 3. The predicted octanol–water partition coefficient (Wildman–Crippen LogP) is 4.09. The molecule has 1 aliphatic rings. The molecule has 1 heterocycles. The molecule has 5 heteroatoms. The molecule has 3 rings (SSSR count). The average molecular weight is 327 g/mol. The molecule has 2 aromatic rings. The second kappa shape index (κ2) is 7.25. The van der Waals surface area contributed by atoms with Crippen LogP contribution in [0.25, 0.3) is 0 Å². The molecule has 126 valence electrons. The van der Waals surface area contributed by atoms with Crippen molar-refractivity contribution in [1.29, 1.82) is 0 Å². The Morgan fingerprint density at radius 2 is 1.88 bits per heavy atom. The minimum absolute atomic E-state index is 0.178. The number of hydrogen-bond acceptors (Lipinski definition) is 4. The van der Waals surface area contributed by atoms with E-state index in [0.29, 0.717) is 35.3 Å². The van der Waals surface area contributed by atoms with Crippen LogP contribution in [0.2, 0.25) is 0 Å². The lowest BCUT2D eigenvalue weighted by molar-refractivity contribution is 0.102. The third-order valence-electron chi connectivity index (χ3n) is 3.71. The van der Waals surface area contributed by atoms with Gasteiger partial charge in [-0.2, -0.15) is 0 Å². The summed E-state index contributed by atoms with van der Waals surface area (Å²) in [6, 6.07) is 12.5. The van der Waals surface area contributed by atoms with E-state index < -0.39 is 0 Å². The number of rotatable bonds is 6. The molecule has 0 fully saturated rings. The molecule has 0 bridgehead atoms. The normalized spacial score (nSPS) is 12.3. The van der Waals surface area contributed by atoms with Gasteiger partial charge in [0.15, 0.2) is 11.5 Å². The van der Waals surface area contributed by atoms with Crippen LogP contribution in [-0.4, -0.2) is 19.3 Å². The quantitative estimate of drug-likeness (QED) is 0.868. The number of anilines is 1. The number of benzene rings is 2. The maximum atomic E-state index is 12.3. The summed E-state index contributed by atoms with van der Waals surface area (Å²) >= 11 is 0. The zero-order chi connectivity index (χ0) is 16.9. The van der Waals surface area contributed by atoms with E-state index in [-0.39, 0.29) is 12.7 Å². The predicted molar refractivity (Wildman–Crippen MR) is 91.9 cm³/mol. The number of hydrogen-bond donors (Lipinski definition) is 1. The summed E-state index contributed by atoms with van der Waals surface area (Å²) in [5, 5.41) is 2.85. The molecule has 0 spiro atoms. The van der Waals surface area contributed by atoms with Crippen LogP contribution in [0.15, 0.2) is 42.5 Å². The smallest absolute Gasteiger partial charge is 0.255 e. The number of carbonyl (C=O) groups excluding carboxylic acids is 1. The van der Waals surface area contributed by atoms with Crippen molar-refractivity contribution in [2.75, 3.05) is 18.7 Å². The van der Waals surface area contributed by atoms with Gasteiger partial charge in [0.1, 0.15) is 5.75 Å². The molecule has 1 amide bonds. The van der Waals surface area contributed by atoms with Crippen molar-refractivity contribution in [3.05, 3.63) is 48.0 Å². The average Bonchev–Trinajstić information content (AvgIpc) is 3.03. The van der Waals surface area contributed by atoms with E-state index in [1.807, 2.05) is 12.1 Å². The van der Waals surface area contributed by atoms with Gasteiger partial charge < -0.3 is 19.5 Å². The molecule has 5 nitrogen and oxygen atoms in total. The molecule has 0 saturated heterocycles. The fraction of sp³-hybridized carbons (Fsp3) is 0.316. The molecule has 1 aliphatic heterocycles. The minimum atomic E-state index is -0.178. The number of nitrogens with one attached hydrogen (secondary N) is 1. The zero-order valence-corrected chi connectivity index (χ0v) is 13.9. The highest BCUT2D eigenvalue weighted by Crippen LogP contribution is 2.34. The highest BCUT2D eigenvalue weighted by atomic mass is 16.7. The number of amides is 1. The Morgan fingerprint density at radius 1 is 1.12 bits per heavy atom. The van der Waals surface area contributed by atoms with Gasteiger partial charge in [-0.3, -0.25) is 4.79 Å². The first-order valence-corrected chi connectivity index (χ1v) is 8.05. The topological polar surface area (TPSA) is 56.8 Å². The highest BCUT2D eigenvalue weighted by molar-refractivity contribution is 6.04. The third-order valence-corrected chi connectivity index (χ3v) is 3.71. The Kier molecular flexibility index (Phi) is 4.89. The van der Waals surface area contributed by atoms with Gasteiger partial charge in [-0.1, -0.05) is 13.8 Å². The molecular formula is C19H21NO4. The fourth-order valence-corrected chi connectivity index (χ4v) is 2.29. The van der Waals surface area contributed by atoms with E-state index in [1.165, 1.54) is 0 Å². The molecule has 0 saturated carbocycles. The summed E-state index contributed by atoms with van der Waals surface area (Å²) in [6.07, 6.45) is 1.01. The number of fused-ring (bicyclic) bond motifs is 1. The second-order valence-corrected chi connectivity index (χ2v) is 6.08. The van der Waals surface area contributed by atoms with Gasteiger partial charge in [-0.15, -0.1) is 0 Å². The van der Waals surface area contributed by atoms with Gasteiger partial charge in [-0.25, -0.2) is 0 Å². The number of carbonyl (C=O) groups is 1. The Morgan fingerprint density at radius 3 is 2.62 bits per heavy atom. The van der Waals surface area contributed by atoms with Crippen molar-refractivity contribution < 1.29 is 19.0 Å². The van der Waals surface area contributed by atoms with E-state index >= 15 is 0 Å². The fourth-order valence-electron chi connectivity index (χ4n) is 2.29. The van der Waals surface area contributed by atoms with Gasteiger partial charge in [0.25, 0.3) is 5.91 Å². The first-order chi connectivity index (χ1) is 11.6. The van der Waals surface area contributed by atoms with Crippen molar-refractivity contribution in [3.8, 4) is 17.2 Å². The molecule has 0 aromatic heterocycles. The molecule has 24 heavy (non-hydrogen) atoms. The molecule has 0 unspecified atom stereocenters. The van der Waals surface area contributed by atoms with Crippen LogP contribution >= 0.6 is 0 Å². The van der Waals surface area contributed by atoms with Crippen LogP contribution in [0.5, 0.6) is 17.2 Å². The Labute approximate surface area is 141 Å². The lowest BCUT2D eigenvalue weighted by Gasteiger charge is -2.09. The van der Waals surface area contributed by atoms with Gasteiger partial charge in [0, 0.05) is 17.3 Å². The second-order valence-electron chi connectivity index (χ2n) is 6.08. The van der Waals surface area contributed by atoms with E-state index in [0.717, 1.165) is 12.2 Å². The van der Waals surface area contributed by atoms with Crippen LogP contribution in [0.1, 0.15) is 30.6 Å². The van der Waals surface area contributed by atoms with Crippen LogP contribution < -0.4 is 19.5 Å². The SMILES string of the molecule is CC(C)CCOc1ccc(C(=O)Nc2ccc3c(c2)OCO3)cc1. The van der Waals surface area contributed by atoms with Crippen LogP contribution in [0.3, 0.4) is 0 Å². The van der Waals surface area contributed by atoms with E-state index in [2.05, 4.69) is 19.2 Å². The Balaban J connectivity index is 1.59. The molecule has 0 atom stereocenters. The van der Waals surface area contributed by atoms with E-state index in [9.17, 15) is 4.79 Å². The van der Waals surface area contributed by atoms with Crippen molar-refractivity contribution in [3.63, 3.8) is 0 Å². The Bertz CT molecular complexity index is 710. The van der Waals surface area contributed by atoms with Crippen LogP contribution in [-0.2, 0) is 0 Å². The third kappa shape index (κ3) is 3.98. The molecule has 1 N–H and O–H groups in total. The summed E-state index contributed by atoms with van der Waals surface area (Å²) in [4.78, 5) is 12.3. The van der Waals surface area contributed by atoms with E-state index in [4.69, 9.17) is 14.2 Å². The van der Waals surface area contributed by atoms with Crippen molar-refractivity contribution in [2.24, 2.45) is 5.92 Å². The first kappa shape index (κ1) is 16.2. The zero-order valence-electron chi connectivity index (χ0n) is 13.9. The molecule has 2 aromatic carbocycles. The first-order valence-electron chi connectivity index (χ1n) is 8.05. The van der Waals surface area contributed by atoms with Gasteiger partial charge in [0.2, 0.25) is 6.79 Å². The van der Waals surface area contributed by atoms with Crippen LogP contribution in [0.4, 0.5) is 5.69 Å². The maximum absolute atomic E-state index is 12.3. The van der Waals surface area contributed by atoms with Crippen molar-refractivity contribution in [2.45, 2.75) is 20.3 Å². The summed E-state index contributed by atoms with van der Waals surface area (Å²) < 4.78 is 16.2. The largest absolute Gasteiger partial charge is 0.494 e. The lowest BCUT2D eigenvalue weighted by atomic mass is 10.1. The maximum Gasteiger partial charge on any atom is 0.255 e. The summed E-state index contributed by atoms with van der Waals surface area (Å²) in [6.45, 7) is 5.21. The van der Waals surface area contributed by atoms with Crippen LogP contribution in [0, 0.1) is 5.92 Å². The molecule has 0 aliphatic carbocycles. The van der Waals surface area contributed by atoms with E-state index in [1.54, 1.807) is 30.3 Å². The minimum Gasteiger partial charge on any atom is -0.494 e.